The molecule has 1 fully saturated rings. The van der Waals surface area contributed by atoms with Gasteiger partial charge in [0, 0.05) is 0 Å². The Morgan fingerprint density at radius 1 is 0.862 bits per heavy atom. The van der Waals surface area contributed by atoms with Gasteiger partial charge in [0.25, 0.3) is 0 Å². The number of ether oxygens (including phenoxy) is 4. The predicted molar refractivity (Wildman–Crippen MR) is 101 cm³/mol. The highest BCUT2D eigenvalue weighted by Gasteiger charge is 2.45. The number of aliphatic hydroxyl groups is 4. The number of benzene rings is 2. The zero-order valence-electron chi connectivity index (χ0n) is 15.9. The summed E-state index contributed by atoms with van der Waals surface area (Å²) < 4.78 is 21.3. The second-order valence-corrected chi connectivity index (χ2v) is 6.57. The van der Waals surface area contributed by atoms with Crippen molar-refractivity contribution in [3.8, 4) is 34.1 Å². The summed E-state index contributed by atoms with van der Waals surface area (Å²) in [7, 11) is 2.94. The van der Waals surface area contributed by atoms with E-state index in [0.29, 0.717) is 11.3 Å². The van der Waals surface area contributed by atoms with Crippen LogP contribution in [0.5, 0.6) is 23.0 Å². The summed E-state index contributed by atoms with van der Waals surface area (Å²) in [4.78, 5) is 0. The molecule has 29 heavy (non-hydrogen) atoms. The SMILES string of the molecule is COc1ccc(-c2cc(OC)c(O)c(O[C@@H]3O[C@H](CO)[C@@H](O)[C@H](O)[C@H]3O)c2)cc1. The van der Waals surface area contributed by atoms with Crippen molar-refractivity contribution >= 4 is 0 Å². The van der Waals surface area contributed by atoms with Crippen molar-refractivity contribution in [1.82, 2.24) is 0 Å². The minimum Gasteiger partial charge on any atom is -0.502 e. The van der Waals surface area contributed by atoms with Crippen LogP contribution in [-0.2, 0) is 4.74 Å². The Morgan fingerprint density at radius 2 is 1.52 bits per heavy atom. The Bertz CT molecular complexity index is 821. The largest absolute Gasteiger partial charge is 0.502 e. The molecule has 2 aromatic rings. The highest BCUT2D eigenvalue weighted by Crippen LogP contribution is 2.42. The molecule has 1 aliphatic rings. The maximum Gasteiger partial charge on any atom is 0.229 e. The number of methoxy groups -OCH3 is 2. The van der Waals surface area contributed by atoms with E-state index in [2.05, 4.69) is 0 Å². The van der Waals surface area contributed by atoms with Gasteiger partial charge in [0.2, 0.25) is 12.0 Å². The fraction of sp³-hybridized carbons (Fsp3) is 0.400. The number of phenolic OH excluding ortho intramolecular Hbond substituents is 1. The lowest BCUT2D eigenvalue weighted by atomic mass is 9.99. The first kappa shape index (κ1) is 21.2. The van der Waals surface area contributed by atoms with Gasteiger partial charge in [0.15, 0.2) is 11.5 Å². The van der Waals surface area contributed by atoms with Crippen molar-refractivity contribution in [2.75, 3.05) is 20.8 Å². The second-order valence-electron chi connectivity index (χ2n) is 6.57. The van der Waals surface area contributed by atoms with Gasteiger partial charge in [0.05, 0.1) is 20.8 Å². The molecule has 0 amide bonds. The van der Waals surface area contributed by atoms with Gasteiger partial charge in [0.1, 0.15) is 30.2 Å². The van der Waals surface area contributed by atoms with Crippen molar-refractivity contribution in [1.29, 1.82) is 0 Å². The van der Waals surface area contributed by atoms with Crippen LogP contribution in [0.25, 0.3) is 11.1 Å². The maximum absolute atomic E-state index is 10.4. The molecule has 1 heterocycles. The van der Waals surface area contributed by atoms with Gasteiger partial charge in [-0.2, -0.15) is 0 Å². The fourth-order valence-electron chi connectivity index (χ4n) is 3.07. The summed E-state index contributed by atoms with van der Waals surface area (Å²) in [6.07, 6.45) is -7.29. The first-order valence-electron chi connectivity index (χ1n) is 8.92. The highest BCUT2D eigenvalue weighted by atomic mass is 16.7. The molecule has 5 atom stereocenters. The molecule has 1 saturated heterocycles. The summed E-state index contributed by atoms with van der Waals surface area (Å²) in [5.74, 6) is 0.399. The van der Waals surface area contributed by atoms with Crippen molar-refractivity contribution < 1.29 is 44.5 Å². The third kappa shape index (κ3) is 4.24. The molecule has 0 unspecified atom stereocenters. The van der Waals surface area contributed by atoms with E-state index >= 15 is 0 Å². The quantitative estimate of drug-likeness (QED) is 0.455. The van der Waals surface area contributed by atoms with E-state index in [0.717, 1.165) is 5.56 Å². The Kier molecular flexibility index (Phi) is 6.46. The van der Waals surface area contributed by atoms with E-state index in [9.17, 15) is 25.5 Å². The highest BCUT2D eigenvalue weighted by molar-refractivity contribution is 5.71. The summed E-state index contributed by atoms with van der Waals surface area (Å²) in [6.45, 7) is -0.591. The van der Waals surface area contributed by atoms with Gasteiger partial charge >= 0.3 is 0 Å². The van der Waals surface area contributed by atoms with Gasteiger partial charge in [-0.05, 0) is 35.4 Å². The van der Waals surface area contributed by atoms with Crippen LogP contribution in [0.1, 0.15) is 0 Å². The lowest BCUT2D eigenvalue weighted by Crippen LogP contribution is -2.60. The molecular formula is C20H24O9. The number of rotatable bonds is 6. The van der Waals surface area contributed by atoms with Crippen molar-refractivity contribution in [2.45, 2.75) is 30.7 Å². The molecule has 5 N–H and O–H groups in total. The molecule has 158 valence electrons. The molecule has 0 aliphatic carbocycles. The fourth-order valence-corrected chi connectivity index (χ4v) is 3.07. The number of hydrogen-bond acceptors (Lipinski definition) is 9. The van der Waals surface area contributed by atoms with Crippen LogP contribution in [0.2, 0.25) is 0 Å². The lowest BCUT2D eigenvalue weighted by Gasteiger charge is -2.39. The molecule has 0 aromatic heterocycles. The molecule has 3 rings (SSSR count). The standard InChI is InChI=1S/C20H24O9/c1-26-12-5-3-10(4-6-12)11-7-13(27-2)16(22)14(8-11)28-20-19(25)18(24)17(23)15(9-21)29-20/h3-8,15,17-25H,9H2,1-2H3/t15-,17-,18+,19-,20-/m1/s1. The van der Waals surface area contributed by atoms with E-state index < -0.39 is 37.3 Å². The zero-order chi connectivity index (χ0) is 21.1. The number of aliphatic hydroxyl groups excluding tert-OH is 4. The summed E-state index contributed by atoms with van der Waals surface area (Å²) >= 11 is 0. The van der Waals surface area contributed by atoms with Gasteiger partial charge < -0.3 is 44.5 Å². The molecule has 0 spiro atoms. The molecule has 0 radical (unpaired) electrons. The minimum absolute atomic E-state index is 0.0699. The van der Waals surface area contributed by atoms with Crippen LogP contribution in [0, 0.1) is 0 Å². The van der Waals surface area contributed by atoms with Crippen LogP contribution in [0.15, 0.2) is 36.4 Å². The second kappa shape index (κ2) is 8.85. The van der Waals surface area contributed by atoms with E-state index in [4.69, 9.17) is 18.9 Å². The minimum atomic E-state index is -1.61. The van der Waals surface area contributed by atoms with Crippen LogP contribution in [0.3, 0.4) is 0 Å². The van der Waals surface area contributed by atoms with E-state index in [1.165, 1.54) is 13.2 Å². The average molecular weight is 408 g/mol. The Morgan fingerprint density at radius 3 is 2.10 bits per heavy atom. The van der Waals surface area contributed by atoms with Gasteiger partial charge in [-0.3, -0.25) is 0 Å². The number of aromatic hydroxyl groups is 1. The van der Waals surface area contributed by atoms with Crippen LogP contribution in [0.4, 0.5) is 0 Å². The lowest BCUT2D eigenvalue weighted by molar-refractivity contribution is -0.277. The normalized spacial score (nSPS) is 26.8. The predicted octanol–water partition coefficient (Wildman–Crippen LogP) is 0.255. The van der Waals surface area contributed by atoms with Gasteiger partial charge in [-0.15, -0.1) is 0 Å². The maximum atomic E-state index is 10.4. The van der Waals surface area contributed by atoms with E-state index in [1.807, 2.05) is 12.1 Å². The van der Waals surface area contributed by atoms with Crippen LogP contribution >= 0.6 is 0 Å². The summed E-state index contributed by atoms with van der Waals surface area (Å²) in [5, 5.41) is 49.7. The summed E-state index contributed by atoms with van der Waals surface area (Å²) in [5.41, 5.74) is 1.42. The van der Waals surface area contributed by atoms with Gasteiger partial charge in [-0.1, -0.05) is 12.1 Å². The smallest absolute Gasteiger partial charge is 0.229 e. The molecule has 0 saturated carbocycles. The van der Waals surface area contributed by atoms with Crippen molar-refractivity contribution in [3.05, 3.63) is 36.4 Å². The molecule has 0 bridgehead atoms. The van der Waals surface area contributed by atoms with E-state index in [-0.39, 0.29) is 17.2 Å². The Labute approximate surface area is 167 Å². The third-order valence-corrected chi connectivity index (χ3v) is 4.77. The van der Waals surface area contributed by atoms with Crippen LogP contribution in [-0.4, -0.2) is 77.1 Å². The summed E-state index contributed by atoms with van der Waals surface area (Å²) in [6, 6.07) is 10.3. The zero-order valence-corrected chi connectivity index (χ0v) is 15.9. The topological polar surface area (TPSA) is 138 Å². The number of phenols is 1. The molecule has 1 aliphatic heterocycles. The van der Waals surface area contributed by atoms with Crippen molar-refractivity contribution in [2.24, 2.45) is 0 Å². The molecule has 2 aromatic carbocycles. The Balaban J connectivity index is 1.93. The molecular weight excluding hydrogens is 384 g/mol. The molecule has 9 heteroatoms. The third-order valence-electron chi connectivity index (χ3n) is 4.77. The first-order chi connectivity index (χ1) is 13.9. The number of hydrogen-bond donors (Lipinski definition) is 5. The van der Waals surface area contributed by atoms with Crippen LogP contribution < -0.4 is 14.2 Å². The Hall–Kier alpha value is -2.56. The average Bonchev–Trinajstić information content (AvgIpc) is 2.75. The first-order valence-corrected chi connectivity index (χ1v) is 8.92. The van der Waals surface area contributed by atoms with E-state index in [1.54, 1.807) is 25.3 Å². The molecule has 9 nitrogen and oxygen atoms in total. The van der Waals surface area contributed by atoms with Crippen molar-refractivity contribution in [3.63, 3.8) is 0 Å². The van der Waals surface area contributed by atoms with Gasteiger partial charge in [-0.25, -0.2) is 0 Å². The monoisotopic (exact) mass is 408 g/mol.